The molecule has 1 aromatic carbocycles. The Morgan fingerprint density at radius 1 is 1.18 bits per heavy atom. The van der Waals surface area contributed by atoms with Crippen LogP contribution < -0.4 is 14.8 Å². The van der Waals surface area contributed by atoms with Gasteiger partial charge < -0.3 is 14.8 Å². The molecule has 0 saturated heterocycles. The minimum Gasteiger partial charge on any atom is -0.497 e. The average Bonchev–Trinajstić information content (AvgIpc) is 2.82. The van der Waals surface area contributed by atoms with Gasteiger partial charge in [-0.05, 0) is 43.5 Å². The number of hydrogen-bond donors (Lipinski definition) is 1. The third-order valence-electron chi connectivity index (χ3n) is 3.69. The fraction of sp³-hybridized carbons (Fsp3) is 0.353. The molecule has 0 saturated carbocycles. The first-order chi connectivity index (χ1) is 10.8. The fourth-order valence-corrected chi connectivity index (χ4v) is 3.43. The molecular weight excluding hydrogens is 296 g/mol. The normalized spacial score (nSPS) is 14.3. The molecule has 2 heterocycles. The Labute approximate surface area is 134 Å². The molecule has 1 N–H and O–H groups in total. The molecule has 3 rings (SSSR count). The largest absolute Gasteiger partial charge is 0.497 e. The lowest BCUT2D eigenvalue weighted by Crippen LogP contribution is -1.96. The third kappa shape index (κ3) is 3.25. The van der Waals surface area contributed by atoms with Crippen LogP contribution in [0.5, 0.6) is 11.5 Å². The van der Waals surface area contributed by atoms with Crippen molar-refractivity contribution < 1.29 is 9.47 Å². The quantitative estimate of drug-likeness (QED) is 0.923. The number of benzene rings is 1. The summed E-state index contributed by atoms with van der Waals surface area (Å²) in [5.41, 5.74) is 2.21. The van der Waals surface area contributed by atoms with Crippen molar-refractivity contribution in [2.45, 2.75) is 19.3 Å². The average molecular weight is 316 g/mol. The molecule has 0 fully saturated rings. The van der Waals surface area contributed by atoms with Crippen LogP contribution >= 0.6 is 11.3 Å². The van der Waals surface area contributed by atoms with E-state index in [1.165, 1.54) is 23.5 Å². The van der Waals surface area contributed by atoms with Crippen LogP contribution in [0.15, 0.2) is 18.2 Å². The van der Waals surface area contributed by atoms with Gasteiger partial charge in [-0.2, -0.15) is 0 Å². The zero-order valence-electron chi connectivity index (χ0n) is 12.9. The highest BCUT2D eigenvalue weighted by atomic mass is 32.1. The molecule has 2 aromatic rings. The second-order valence-electron chi connectivity index (χ2n) is 5.15. The summed E-state index contributed by atoms with van der Waals surface area (Å²) in [6.45, 7) is 1.05. The molecule has 0 aliphatic carbocycles. The molecule has 1 aliphatic heterocycles. The number of ether oxygens (including phenoxy) is 2. The number of fused-ring (bicyclic) bond motifs is 1. The van der Waals surface area contributed by atoms with Gasteiger partial charge in [0.15, 0.2) is 0 Å². The van der Waals surface area contributed by atoms with E-state index in [0.29, 0.717) is 0 Å². The lowest BCUT2D eigenvalue weighted by molar-refractivity contribution is 0.394. The molecule has 4 nitrogen and oxygen atoms in total. The molecule has 0 bridgehead atoms. The number of thiazole rings is 1. The Balaban J connectivity index is 1.82. The van der Waals surface area contributed by atoms with Gasteiger partial charge in [-0.15, -0.1) is 0 Å². The van der Waals surface area contributed by atoms with E-state index in [1.807, 2.05) is 30.4 Å². The van der Waals surface area contributed by atoms with E-state index in [0.717, 1.165) is 35.0 Å². The number of rotatable bonds is 4. The van der Waals surface area contributed by atoms with Crippen molar-refractivity contribution in [1.29, 1.82) is 0 Å². The number of nitrogens with one attached hydrogen (secondary N) is 1. The fourth-order valence-electron chi connectivity index (χ4n) is 2.49. The Hall–Kier alpha value is -2.01. The van der Waals surface area contributed by atoms with Crippen molar-refractivity contribution in [2.24, 2.45) is 0 Å². The van der Waals surface area contributed by atoms with Crippen LogP contribution in [0.25, 0.3) is 12.2 Å². The summed E-state index contributed by atoms with van der Waals surface area (Å²) in [5.74, 6) is 1.59. The van der Waals surface area contributed by atoms with Gasteiger partial charge in [0.05, 0.1) is 19.9 Å². The topological polar surface area (TPSA) is 43.4 Å². The van der Waals surface area contributed by atoms with E-state index >= 15 is 0 Å². The van der Waals surface area contributed by atoms with Crippen LogP contribution in [0, 0.1) is 0 Å². The Morgan fingerprint density at radius 2 is 2.09 bits per heavy atom. The number of aryl methyl sites for hydroxylation is 1. The van der Waals surface area contributed by atoms with Gasteiger partial charge >= 0.3 is 0 Å². The van der Waals surface area contributed by atoms with Gasteiger partial charge in [-0.3, -0.25) is 0 Å². The van der Waals surface area contributed by atoms with Crippen LogP contribution in [0.3, 0.4) is 0 Å². The molecule has 0 spiro atoms. The van der Waals surface area contributed by atoms with Gasteiger partial charge in [0, 0.05) is 18.2 Å². The second kappa shape index (κ2) is 6.83. The van der Waals surface area contributed by atoms with E-state index in [9.17, 15) is 0 Å². The summed E-state index contributed by atoms with van der Waals surface area (Å²) in [6.07, 6.45) is 7.58. The predicted molar refractivity (Wildman–Crippen MR) is 92.0 cm³/mol. The smallest absolute Gasteiger partial charge is 0.129 e. The molecule has 0 radical (unpaired) electrons. The summed E-state index contributed by atoms with van der Waals surface area (Å²) in [7, 11) is 3.32. The molecule has 22 heavy (non-hydrogen) atoms. The lowest BCUT2D eigenvalue weighted by Gasteiger charge is -2.06. The minimum absolute atomic E-state index is 0.791. The molecule has 0 amide bonds. The summed E-state index contributed by atoms with van der Waals surface area (Å²) in [5, 5.41) is 5.71. The molecule has 0 atom stereocenters. The summed E-state index contributed by atoms with van der Waals surface area (Å²) < 4.78 is 10.6. The maximum absolute atomic E-state index is 5.41. The number of anilines is 1. The molecular formula is C17H20N2O2S. The third-order valence-corrected chi connectivity index (χ3v) is 4.71. The van der Waals surface area contributed by atoms with Crippen LogP contribution in [0.2, 0.25) is 0 Å². The standard InChI is InChI=1S/C17H20N2O2S/c1-20-13-8-6-12(15(11-13)21-2)7-9-16-19-14-5-3-4-10-18-17(14)22-16/h6-9,11,18H,3-5,10H2,1-2H3. The van der Waals surface area contributed by atoms with Gasteiger partial charge in [-0.1, -0.05) is 11.3 Å². The van der Waals surface area contributed by atoms with Crippen LogP contribution in [-0.4, -0.2) is 25.7 Å². The van der Waals surface area contributed by atoms with Crippen molar-refractivity contribution >= 4 is 28.5 Å². The highest BCUT2D eigenvalue weighted by molar-refractivity contribution is 7.16. The van der Waals surface area contributed by atoms with Crippen LogP contribution in [0.1, 0.15) is 29.1 Å². The Morgan fingerprint density at radius 3 is 2.91 bits per heavy atom. The van der Waals surface area contributed by atoms with E-state index in [4.69, 9.17) is 14.5 Å². The SMILES string of the molecule is COc1ccc(C=Cc2nc3c(s2)NCCCC3)c(OC)c1. The summed E-state index contributed by atoms with van der Waals surface area (Å²) in [4.78, 5) is 4.72. The molecule has 116 valence electrons. The van der Waals surface area contributed by atoms with E-state index in [2.05, 4.69) is 5.32 Å². The number of nitrogens with zero attached hydrogens (tertiary/aromatic N) is 1. The number of methoxy groups -OCH3 is 2. The number of hydrogen-bond acceptors (Lipinski definition) is 5. The van der Waals surface area contributed by atoms with Gasteiger partial charge in [-0.25, -0.2) is 4.98 Å². The van der Waals surface area contributed by atoms with Crippen molar-refractivity contribution in [3.8, 4) is 11.5 Å². The monoisotopic (exact) mass is 316 g/mol. The zero-order valence-corrected chi connectivity index (χ0v) is 13.7. The first-order valence-corrected chi connectivity index (χ1v) is 8.25. The van der Waals surface area contributed by atoms with Crippen molar-refractivity contribution in [1.82, 2.24) is 4.98 Å². The predicted octanol–water partition coefficient (Wildman–Crippen LogP) is 4.08. The van der Waals surface area contributed by atoms with Gasteiger partial charge in [0.25, 0.3) is 0 Å². The highest BCUT2D eigenvalue weighted by Gasteiger charge is 2.12. The van der Waals surface area contributed by atoms with Crippen molar-refractivity contribution in [3.05, 3.63) is 34.5 Å². The summed E-state index contributed by atoms with van der Waals surface area (Å²) >= 11 is 1.71. The molecule has 0 unspecified atom stereocenters. The first-order valence-electron chi connectivity index (χ1n) is 7.44. The molecule has 1 aliphatic rings. The second-order valence-corrected chi connectivity index (χ2v) is 6.18. The first kappa shape index (κ1) is 14.9. The van der Waals surface area contributed by atoms with Crippen LogP contribution in [-0.2, 0) is 6.42 Å². The Kier molecular flexibility index (Phi) is 4.63. The molecule has 1 aromatic heterocycles. The van der Waals surface area contributed by atoms with E-state index in [-0.39, 0.29) is 0 Å². The highest BCUT2D eigenvalue weighted by Crippen LogP contribution is 2.30. The van der Waals surface area contributed by atoms with Crippen LogP contribution in [0.4, 0.5) is 5.00 Å². The van der Waals surface area contributed by atoms with E-state index in [1.54, 1.807) is 25.6 Å². The Bertz CT molecular complexity index is 656. The van der Waals surface area contributed by atoms with Crippen molar-refractivity contribution in [2.75, 3.05) is 26.1 Å². The lowest BCUT2D eigenvalue weighted by atomic mass is 10.2. The number of aromatic nitrogens is 1. The maximum Gasteiger partial charge on any atom is 0.129 e. The summed E-state index contributed by atoms with van der Waals surface area (Å²) in [6, 6.07) is 5.81. The maximum atomic E-state index is 5.41. The van der Waals surface area contributed by atoms with Crippen molar-refractivity contribution in [3.63, 3.8) is 0 Å². The van der Waals surface area contributed by atoms with Gasteiger partial charge in [0.1, 0.15) is 21.5 Å². The van der Waals surface area contributed by atoms with Gasteiger partial charge in [0.2, 0.25) is 0 Å². The zero-order chi connectivity index (χ0) is 15.4. The minimum atomic E-state index is 0.791. The van der Waals surface area contributed by atoms with E-state index < -0.39 is 0 Å². The molecule has 5 heteroatoms.